The smallest absolute Gasteiger partial charge is 0.338 e. The van der Waals surface area contributed by atoms with Crippen LogP contribution < -0.4 is 9.64 Å². The van der Waals surface area contributed by atoms with E-state index in [2.05, 4.69) is 17.6 Å². The number of hydrogen-bond acceptors (Lipinski definition) is 4. The SMILES string of the molecule is C=C[C@H]1C[NH+]2CC[C@H]1C[C@H]2[C@H](OC(=O)c1ccccc1)c1ccnc2ccc(OC)cc12. The molecule has 3 aromatic rings. The lowest BCUT2D eigenvalue weighted by Crippen LogP contribution is -3.20. The molecule has 0 amide bonds. The molecule has 3 aliphatic heterocycles. The average Bonchev–Trinajstić information content (AvgIpc) is 2.87. The van der Waals surface area contributed by atoms with Gasteiger partial charge in [-0.25, -0.2) is 4.79 Å². The fraction of sp³-hybridized carbons (Fsp3) is 0.333. The topological polar surface area (TPSA) is 52.9 Å². The molecule has 3 saturated heterocycles. The molecule has 4 heterocycles. The Hall–Kier alpha value is -3.18. The molecule has 2 bridgehead atoms. The molecule has 5 nitrogen and oxygen atoms in total. The highest BCUT2D eigenvalue weighted by molar-refractivity contribution is 5.90. The standard InChI is InChI=1S/C27H28N2O3/c1-3-18-17-29-14-12-20(18)15-25(29)26(32-27(30)19-7-5-4-6-8-19)22-11-13-28-24-10-9-21(31-2)16-23(22)24/h3-11,13,16,18,20,25-26H,1,12,14-15,17H2,2H3/p+1/t18-,20-,25-,26+/m0/s1. The predicted molar refractivity (Wildman–Crippen MR) is 124 cm³/mol. The van der Waals surface area contributed by atoms with Crippen LogP contribution in [0.2, 0.25) is 0 Å². The van der Waals surface area contributed by atoms with Gasteiger partial charge in [0.2, 0.25) is 0 Å². The van der Waals surface area contributed by atoms with Crippen LogP contribution in [0, 0.1) is 11.8 Å². The second-order valence-corrected chi connectivity index (χ2v) is 8.88. The van der Waals surface area contributed by atoms with E-state index in [1.165, 1.54) is 11.3 Å². The first-order valence-electron chi connectivity index (χ1n) is 11.3. The highest BCUT2D eigenvalue weighted by Gasteiger charge is 2.47. The van der Waals surface area contributed by atoms with Crippen molar-refractivity contribution in [2.75, 3.05) is 20.2 Å². The van der Waals surface area contributed by atoms with E-state index in [0.717, 1.165) is 41.7 Å². The third kappa shape index (κ3) is 3.78. The minimum atomic E-state index is -0.358. The van der Waals surface area contributed by atoms with Gasteiger partial charge in [-0.05, 0) is 42.3 Å². The lowest BCUT2D eigenvalue weighted by molar-refractivity contribution is -0.949. The summed E-state index contributed by atoms with van der Waals surface area (Å²) in [4.78, 5) is 19.2. The molecule has 0 aliphatic carbocycles. The van der Waals surface area contributed by atoms with Crippen molar-refractivity contribution in [3.8, 4) is 5.75 Å². The van der Waals surface area contributed by atoms with Crippen LogP contribution in [0.4, 0.5) is 0 Å². The van der Waals surface area contributed by atoms with Crippen LogP contribution >= 0.6 is 0 Å². The number of quaternary nitrogens is 1. The number of fused-ring (bicyclic) bond motifs is 4. The quantitative estimate of drug-likeness (QED) is 0.480. The van der Waals surface area contributed by atoms with E-state index in [4.69, 9.17) is 9.47 Å². The molecule has 5 heteroatoms. The maximum Gasteiger partial charge on any atom is 0.338 e. The number of esters is 1. The maximum absolute atomic E-state index is 13.2. The van der Waals surface area contributed by atoms with Crippen molar-refractivity contribution < 1.29 is 19.2 Å². The van der Waals surface area contributed by atoms with Crippen LogP contribution in [0.25, 0.3) is 10.9 Å². The molecule has 5 atom stereocenters. The fourth-order valence-electron chi connectivity index (χ4n) is 5.53. The van der Waals surface area contributed by atoms with E-state index in [0.29, 0.717) is 17.4 Å². The molecule has 1 N–H and O–H groups in total. The predicted octanol–water partition coefficient (Wildman–Crippen LogP) is 3.62. The molecular formula is C27H29N2O3+. The van der Waals surface area contributed by atoms with E-state index >= 15 is 0 Å². The minimum Gasteiger partial charge on any atom is -0.497 e. The fourth-order valence-corrected chi connectivity index (χ4v) is 5.53. The van der Waals surface area contributed by atoms with Gasteiger partial charge in [0.25, 0.3) is 0 Å². The number of piperidine rings is 3. The highest BCUT2D eigenvalue weighted by Crippen LogP contribution is 2.37. The second-order valence-electron chi connectivity index (χ2n) is 8.88. The number of methoxy groups -OCH3 is 1. The molecule has 32 heavy (non-hydrogen) atoms. The first-order valence-corrected chi connectivity index (χ1v) is 11.3. The summed E-state index contributed by atoms with van der Waals surface area (Å²) in [7, 11) is 1.66. The van der Waals surface area contributed by atoms with Gasteiger partial charge in [-0.3, -0.25) is 4.98 Å². The van der Waals surface area contributed by atoms with Crippen molar-refractivity contribution in [1.82, 2.24) is 4.98 Å². The Kier molecular flexibility index (Phi) is 5.66. The minimum absolute atomic E-state index is 0.203. The number of rotatable bonds is 6. The van der Waals surface area contributed by atoms with Gasteiger partial charge in [0, 0.05) is 35.9 Å². The maximum atomic E-state index is 13.2. The highest BCUT2D eigenvalue weighted by atomic mass is 16.5. The van der Waals surface area contributed by atoms with Gasteiger partial charge in [-0.1, -0.05) is 24.3 Å². The van der Waals surface area contributed by atoms with Gasteiger partial charge in [-0.2, -0.15) is 0 Å². The van der Waals surface area contributed by atoms with Crippen molar-refractivity contribution in [1.29, 1.82) is 0 Å². The number of benzene rings is 2. The number of nitrogens with zero attached hydrogens (tertiary/aromatic N) is 1. The normalized spacial score (nSPS) is 25.3. The van der Waals surface area contributed by atoms with Crippen molar-refractivity contribution in [2.24, 2.45) is 11.8 Å². The van der Waals surface area contributed by atoms with Crippen LogP contribution in [0.5, 0.6) is 5.75 Å². The van der Waals surface area contributed by atoms with Crippen LogP contribution in [-0.2, 0) is 4.74 Å². The van der Waals surface area contributed by atoms with Gasteiger partial charge in [0.1, 0.15) is 11.8 Å². The Morgan fingerprint density at radius 1 is 1.22 bits per heavy atom. The van der Waals surface area contributed by atoms with Crippen LogP contribution in [0.3, 0.4) is 0 Å². The van der Waals surface area contributed by atoms with Crippen LogP contribution in [0.1, 0.15) is 34.9 Å². The summed E-state index contributed by atoms with van der Waals surface area (Å²) in [5.41, 5.74) is 2.45. The molecule has 1 unspecified atom stereocenters. The Balaban J connectivity index is 1.57. The molecular weight excluding hydrogens is 400 g/mol. The summed E-state index contributed by atoms with van der Waals surface area (Å²) in [5.74, 6) is 1.61. The van der Waals surface area contributed by atoms with Crippen molar-refractivity contribution >= 4 is 16.9 Å². The van der Waals surface area contributed by atoms with Gasteiger partial charge >= 0.3 is 5.97 Å². The summed E-state index contributed by atoms with van der Waals surface area (Å²) in [6.45, 7) is 6.21. The van der Waals surface area contributed by atoms with E-state index < -0.39 is 0 Å². The number of carbonyl (C=O) groups is 1. The number of carbonyl (C=O) groups excluding carboxylic acids is 1. The monoisotopic (exact) mass is 429 g/mol. The third-order valence-corrected chi connectivity index (χ3v) is 7.22. The van der Waals surface area contributed by atoms with Gasteiger partial charge < -0.3 is 14.4 Å². The van der Waals surface area contributed by atoms with Crippen molar-refractivity contribution in [3.63, 3.8) is 0 Å². The van der Waals surface area contributed by atoms with Gasteiger partial charge in [0.15, 0.2) is 6.10 Å². The molecule has 3 fully saturated rings. The molecule has 6 rings (SSSR count). The van der Waals surface area contributed by atoms with Gasteiger partial charge in [-0.15, -0.1) is 6.58 Å². The van der Waals surface area contributed by atoms with Crippen LogP contribution in [-0.4, -0.2) is 37.2 Å². The first kappa shape index (κ1) is 20.7. The third-order valence-electron chi connectivity index (χ3n) is 7.22. The Morgan fingerprint density at radius 2 is 2.06 bits per heavy atom. The summed E-state index contributed by atoms with van der Waals surface area (Å²) in [6, 6.07) is 17.3. The average molecular weight is 430 g/mol. The summed E-state index contributed by atoms with van der Waals surface area (Å²) >= 11 is 0. The zero-order chi connectivity index (χ0) is 22.1. The number of pyridine rings is 1. The lowest BCUT2D eigenvalue weighted by atomic mass is 9.73. The zero-order valence-corrected chi connectivity index (χ0v) is 18.4. The van der Waals surface area contributed by atoms with Crippen molar-refractivity contribution in [2.45, 2.75) is 25.0 Å². The molecule has 1 aromatic heterocycles. The van der Waals surface area contributed by atoms with Gasteiger partial charge in [0.05, 0.1) is 31.3 Å². The molecule has 2 aromatic carbocycles. The van der Waals surface area contributed by atoms with E-state index in [-0.39, 0.29) is 18.1 Å². The molecule has 164 valence electrons. The molecule has 3 aliphatic rings. The number of hydrogen-bond donors (Lipinski definition) is 1. The van der Waals surface area contributed by atoms with E-state index in [1.54, 1.807) is 19.2 Å². The summed E-state index contributed by atoms with van der Waals surface area (Å²) in [6.07, 6.45) is 5.78. The second kappa shape index (κ2) is 8.75. The van der Waals surface area contributed by atoms with E-state index in [1.807, 2.05) is 48.7 Å². The first-order chi connectivity index (χ1) is 15.7. The largest absolute Gasteiger partial charge is 0.497 e. The summed E-state index contributed by atoms with van der Waals surface area (Å²) in [5, 5.41) is 0.972. The Morgan fingerprint density at radius 3 is 2.78 bits per heavy atom. The molecule has 0 saturated carbocycles. The zero-order valence-electron chi connectivity index (χ0n) is 18.4. The van der Waals surface area contributed by atoms with E-state index in [9.17, 15) is 4.79 Å². The molecule has 0 spiro atoms. The Bertz CT molecular complexity index is 1130. The van der Waals surface area contributed by atoms with Crippen molar-refractivity contribution in [3.05, 3.63) is 84.6 Å². The van der Waals surface area contributed by atoms with Crippen LogP contribution in [0.15, 0.2) is 73.4 Å². The number of aromatic nitrogens is 1. The number of nitrogens with one attached hydrogen (secondary N) is 1. The number of ether oxygens (including phenoxy) is 2. The summed E-state index contributed by atoms with van der Waals surface area (Å²) < 4.78 is 11.8. The molecule has 0 radical (unpaired) electrons. The Labute approximate surface area is 188 Å². The lowest BCUT2D eigenvalue weighted by Gasteiger charge is -2.48.